The molecule has 9 heteroatoms. The predicted octanol–water partition coefficient (Wildman–Crippen LogP) is 3.76. The zero-order valence-electron chi connectivity index (χ0n) is 17.9. The number of anilines is 1. The van der Waals surface area contributed by atoms with Crippen LogP contribution in [-0.2, 0) is 4.79 Å². The van der Waals surface area contributed by atoms with Gasteiger partial charge < -0.3 is 14.9 Å². The Labute approximate surface area is 198 Å². The van der Waals surface area contributed by atoms with Crippen LogP contribution in [0, 0.1) is 6.92 Å². The molecule has 2 aromatic heterocycles. The van der Waals surface area contributed by atoms with Crippen LogP contribution in [0.4, 0.5) is 5.82 Å². The van der Waals surface area contributed by atoms with E-state index in [-0.39, 0.29) is 34.3 Å². The quantitative estimate of drug-likeness (QED) is 0.469. The summed E-state index contributed by atoms with van der Waals surface area (Å²) < 4.78 is 11.3. The molecule has 0 radical (unpaired) electrons. The summed E-state index contributed by atoms with van der Waals surface area (Å²) in [6.07, 6.45) is 0. The number of fused-ring (bicyclic) bond motifs is 2. The molecule has 0 spiro atoms. The van der Waals surface area contributed by atoms with E-state index in [0.717, 1.165) is 0 Å². The smallest absolute Gasteiger partial charge is 0.296 e. The van der Waals surface area contributed by atoms with Crippen LogP contribution in [0.15, 0.2) is 69.9 Å². The van der Waals surface area contributed by atoms with Gasteiger partial charge in [-0.2, -0.15) is 0 Å². The lowest BCUT2D eigenvalue weighted by molar-refractivity contribution is -0.119. The average Bonchev–Trinajstić information content (AvgIpc) is 3.11. The second-order valence-corrected chi connectivity index (χ2v) is 8.29. The number of hydrogen-bond donors (Lipinski definition) is 1. The molecular weight excluding hydrogens is 458 g/mol. The van der Waals surface area contributed by atoms with E-state index in [0.29, 0.717) is 27.8 Å². The highest BCUT2D eigenvalue weighted by Gasteiger charge is 2.44. The van der Waals surface area contributed by atoms with E-state index in [1.54, 1.807) is 48.5 Å². The summed E-state index contributed by atoms with van der Waals surface area (Å²) in [5, 5.41) is 0.665. The van der Waals surface area contributed by atoms with E-state index in [1.165, 1.54) is 11.0 Å². The molecule has 0 fully saturated rings. The van der Waals surface area contributed by atoms with Gasteiger partial charge in [-0.25, -0.2) is 4.98 Å². The second kappa shape index (κ2) is 8.31. The van der Waals surface area contributed by atoms with Crippen molar-refractivity contribution in [3.05, 3.63) is 98.5 Å². The van der Waals surface area contributed by atoms with Crippen LogP contribution in [0.3, 0.4) is 0 Å². The molecule has 1 aliphatic rings. The molecule has 2 N–H and O–H groups in total. The van der Waals surface area contributed by atoms with Gasteiger partial charge in [-0.05, 0) is 55.0 Å². The predicted molar refractivity (Wildman–Crippen MR) is 126 cm³/mol. The molecule has 5 rings (SSSR count). The van der Waals surface area contributed by atoms with Crippen molar-refractivity contribution in [3.63, 3.8) is 0 Å². The number of hydrogen-bond acceptors (Lipinski definition) is 6. The molecule has 2 aromatic carbocycles. The molecule has 170 valence electrons. The molecular formula is C25H18ClN3O5. The van der Waals surface area contributed by atoms with Gasteiger partial charge in [0.1, 0.15) is 17.2 Å². The fraction of sp³-hybridized carbons (Fsp3) is 0.120. The molecule has 0 bridgehead atoms. The second-order valence-electron chi connectivity index (χ2n) is 7.85. The number of benzene rings is 2. The van der Waals surface area contributed by atoms with E-state index in [2.05, 4.69) is 4.98 Å². The Morgan fingerprint density at radius 3 is 2.62 bits per heavy atom. The van der Waals surface area contributed by atoms with Crippen LogP contribution in [0.1, 0.15) is 33.4 Å². The highest BCUT2D eigenvalue weighted by atomic mass is 35.5. The van der Waals surface area contributed by atoms with Gasteiger partial charge in [0.05, 0.1) is 17.0 Å². The Morgan fingerprint density at radius 1 is 1.15 bits per heavy atom. The summed E-state index contributed by atoms with van der Waals surface area (Å²) in [6, 6.07) is 15.9. The van der Waals surface area contributed by atoms with E-state index in [1.807, 2.05) is 13.0 Å². The van der Waals surface area contributed by atoms with Gasteiger partial charge in [-0.3, -0.25) is 19.3 Å². The van der Waals surface area contributed by atoms with Gasteiger partial charge in [0.15, 0.2) is 12.0 Å². The zero-order chi connectivity index (χ0) is 24.0. The molecule has 0 saturated heterocycles. The van der Waals surface area contributed by atoms with Crippen LogP contribution < -0.4 is 20.8 Å². The normalized spacial score (nSPS) is 14.9. The van der Waals surface area contributed by atoms with Crippen molar-refractivity contribution in [2.75, 3.05) is 11.5 Å². The maximum absolute atomic E-state index is 13.6. The molecule has 1 aliphatic heterocycles. The van der Waals surface area contributed by atoms with Crippen molar-refractivity contribution in [3.8, 4) is 5.75 Å². The van der Waals surface area contributed by atoms with Crippen LogP contribution >= 0.6 is 11.6 Å². The number of ether oxygens (including phenoxy) is 1. The highest BCUT2D eigenvalue weighted by molar-refractivity contribution is 6.31. The topological polar surface area (TPSA) is 116 Å². The molecule has 2 amide bonds. The largest absolute Gasteiger partial charge is 0.484 e. The Bertz CT molecular complexity index is 1510. The number of primary amides is 1. The SMILES string of the molecule is Cc1cccc(N2C(=O)c3oc4ccc(Cl)cc4c(=O)c3C2c2ccc(OCC(N)=O)cc2)n1. The summed E-state index contributed by atoms with van der Waals surface area (Å²) in [5.74, 6) is -0.302. The van der Waals surface area contributed by atoms with Crippen LogP contribution in [0.25, 0.3) is 11.0 Å². The van der Waals surface area contributed by atoms with Crippen LogP contribution in [0.5, 0.6) is 5.75 Å². The lowest BCUT2D eigenvalue weighted by atomic mass is 9.98. The lowest BCUT2D eigenvalue weighted by Gasteiger charge is -2.24. The first-order valence-corrected chi connectivity index (χ1v) is 10.8. The molecule has 0 saturated carbocycles. The Morgan fingerprint density at radius 2 is 1.91 bits per heavy atom. The third-order valence-electron chi connectivity index (χ3n) is 5.53. The Balaban J connectivity index is 1.70. The first kappa shape index (κ1) is 21.7. The van der Waals surface area contributed by atoms with Crippen molar-refractivity contribution in [1.29, 1.82) is 0 Å². The first-order valence-electron chi connectivity index (χ1n) is 10.4. The highest BCUT2D eigenvalue weighted by Crippen LogP contribution is 2.41. The molecule has 1 unspecified atom stereocenters. The fourth-order valence-electron chi connectivity index (χ4n) is 4.06. The average molecular weight is 476 g/mol. The molecule has 0 aliphatic carbocycles. The van der Waals surface area contributed by atoms with Gasteiger partial charge >= 0.3 is 0 Å². The minimum atomic E-state index is -0.790. The van der Waals surface area contributed by atoms with E-state index in [4.69, 9.17) is 26.5 Å². The van der Waals surface area contributed by atoms with Crippen LogP contribution in [-0.4, -0.2) is 23.4 Å². The van der Waals surface area contributed by atoms with Gasteiger partial charge in [-0.1, -0.05) is 29.8 Å². The number of aryl methyl sites for hydroxylation is 1. The summed E-state index contributed by atoms with van der Waals surface area (Å²) in [7, 11) is 0. The minimum absolute atomic E-state index is 0.0396. The standard InChI is InChI=1S/C25H18ClN3O5/c1-13-3-2-4-20(28-13)29-22(14-5-8-16(9-6-14)33-12-19(27)30)21-23(31)17-11-15(26)7-10-18(17)34-24(21)25(29)32/h2-11,22H,12H2,1H3,(H2,27,30). The number of nitrogens with two attached hydrogens (primary N) is 1. The van der Waals surface area contributed by atoms with E-state index in [9.17, 15) is 14.4 Å². The first-order chi connectivity index (χ1) is 16.3. The Hall–Kier alpha value is -4.17. The summed E-state index contributed by atoms with van der Waals surface area (Å²) >= 11 is 6.12. The molecule has 3 heterocycles. The van der Waals surface area contributed by atoms with E-state index >= 15 is 0 Å². The van der Waals surface area contributed by atoms with Crippen molar-refractivity contribution in [2.24, 2.45) is 5.73 Å². The van der Waals surface area contributed by atoms with E-state index < -0.39 is 17.9 Å². The number of amides is 2. The van der Waals surface area contributed by atoms with Crippen LogP contribution in [0.2, 0.25) is 5.02 Å². The van der Waals surface area contributed by atoms with Gasteiger partial charge in [0, 0.05) is 10.7 Å². The van der Waals surface area contributed by atoms with Gasteiger partial charge in [-0.15, -0.1) is 0 Å². The fourth-order valence-corrected chi connectivity index (χ4v) is 4.23. The monoisotopic (exact) mass is 475 g/mol. The number of nitrogens with zero attached hydrogens (tertiary/aromatic N) is 2. The molecule has 8 nitrogen and oxygen atoms in total. The summed E-state index contributed by atoms with van der Waals surface area (Å²) in [6.45, 7) is 1.55. The maximum Gasteiger partial charge on any atom is 0.296 e. The molecule has 1 atom stereocenters. The van der Waals surface area contributed by atoms with Crippen molar-refractivity contribution < 1.29 is 18.7 Å². The minimum Gasteiger partial charge on any atom is -0.484 e. The van der Waals surface area contributed by atoms with Crippen molar-refractivity contribution in [1.82, 2.24) is 4.98 Å². The van der Waals surface area contributed by atoms with Crippen molar-refractivity contribution in [2.45, 2.75) is 13.0 Å². The number of halogens is 1. The van der Waals surface area contributed by atoms with Crippen molar-refractivity contribution >= 4 is 40.2 Å². The molecule has 34 heavy (non-hydrogen) atoms. The van der Waals surface area contributed by atoms with Gasteiger partial charge in [0.25, 0.3) is 11.8 Å². The Kier molecular flexibility index (Phi) is 5.30. The number of carbonyl (C=O) groups is 2. The maximum atomic E-state index is 13.6. The third-order valence-corrected chi connectivity index (χ3v) is 5.76. The molecule has 4 aromatic rings. The van der Waals surface area contributed by atoms with Gasteiger partial charge in [0.2, 0.25) is 5.76 Å². The summed E-state index contributed by atoms with van der Waals surface area (Å²) in [4.78, 5) is 44.1. The number of rotatable bonds is 5. The number of aromatic nitrogens is 1. The summed E-state index contributed by atoms with van der Waals surface area (Å²) in [5.41, 5.74) is 6.61. The number of pyridine rings is 1. The number of carbonyl (C=O) groups excluding carboxylic acids is 2. The lowest BCUT2D eigenvalue weighted by Crippen LogP contribution is -2.30. The zero-order valence-corrected chi connectivity index (χ0v) is 18.7. The third kappa shape index (κ3) is 3.68.